The van der Waals surface area contributed by atoms with E-state index in [1.165, 1.54) is 18.0 Å². The zero-order valence-electron chi connectivity index (χ0n) is 10.6. The maximum Gasteiger partial charge on any atom is 0.182 e. The van der Waals surface area contributed by atoms with Gasteiger partial charge in [-0.05, 0) is 36.1 Å². The molecule has 6 heteroatoms. The number of halogens is 1. The summed E-state index contributed by atoms with van der Waals surface area (Å²) in [6, 6.07) is 5.05. The van der Waals surface area contributed by atoms with Crippen molar-refractivity contribution in [1.82, 2.24) is 19.9 Å². The fraction of sp³-hybridized carbons (Fsp3) is 0.214. The Morgan fingerprint density at radius 2 is 2.20 bits per heavy atom. The van der Waals surface area contributed by atoms with E-state index in [0.29, 0.717) is 11.5 Å². The Labute approximate surface area is 114 Å². The number of rotatable bonds is 2. The minimum Gasteiger partial charge on any atom is -0.361 e. The third-order valence-electron chi connectivity index (χ3n) is 3.72. The molecule has 1 aliphatic carbocycles. The number of H-pyrrole nitrogens is 1. The number of fused-ring (bicyclic) bond motifs is 2. The lowest BCUT2D eigenvalue weighted by Crippen LogP contribution is -2.09. The number of aromatic amines is 1. The lowest BCUT2D eigenvalue weighted by Gasteiger charge is -2.15. The Hall–Kier alpha value is -2.50. The van der Waals surface area contributed by atoms with Gasteiger partial charge in [-0.2, -0.15) is 0 Å². The van der Waals surface area contributed by atoms with Gasteiger partial charge in [-0.15, -0.1) is 0 Å². The second kappa shape index (κ2) is 4.26. The summed E-state index contributed by atoms with van der Waals surface area (Å²) in [5, 5.41) is 3.36. The summed E-state index contributed by atoms with van der Waals surface area (Å²) < 4.78 is 13.4. The fourth-order valence-electron chi connectivity index (χ4n) is 2.76. The lowest BCUT2D eigenvalue weighted by atomic mass is 10.1. The van der Waals surface area contributed by atoms with Crippen LogP contribution in [0.3, 0.4) is 0 Å². The smallest absolute Gasteiger partial charge is 0.182 e. The molecule has 0 spiro atoms. The van der Waals surface area contributed by atoms with Crippen LogP contribution in [-0.2, 0) is 6.42 Å². The van der Waals surface area contributed by atoms with E-state index in [1.54, 1.807) is 12.4 Å². The second-order valence-electron chi connectivity index (χ2n) is 4.90. The molecule has 2 N–H and O–H groups in total. The highest BCUT2D eigenvalue weighted by Gasteiger charge is 2.24. The number of benzene rings is 1. The summed E-state index contributed by atoms with van der Waals surface area (Å²) in [7, 11) is 0. The minimum atomic E-state index is -0.202. The van der Waals surface area contributed by atoms with Gasteiger partial charge < -0.3 is 10.3 Å². The van der Waals surface area contributed by atoms with Gasteiger partial charge in [0, 0.05) is 0 Å². The van der Waals surface area contributed by atoms with Crippen molar-refractivity contribution in [3.8, 4) is 0 Å². The molecule has 1 aromatic carbocycles. The third kappa shape index (κ3) is 1.72. The van der Waals surface area contributed by atoms with Gasteiger partial charge in [0.1, 0.15) is 17.7 Å². The van der Waals surface area contributed by atoms with Crippen molar-refractivity contribution in [2.45, 2.75) is 18.9 Å². The summed E-state index contributed by atoms with van der Waals surface area (Å²) in [4.78, 5) is 15.5. The molecule has 0 saturated carbocycles. The van der Waals surface area contributed by atoms with Crippen LogP contribution in [0.5, 0.6) is 0 Å². The van der Waals surface area contributed by atoms with Crippen molar-refractivity contribution >= 4 is 17.0 Å². The molecule has 0 aliphatic heterocycles. The third-order valence-corrected chi connectivity index (χ3v) is 3.72. The van der Waals surface area contributed by atoms with Crippen LogP contribution in [0.1, 0.15) is 23.6 Å². The van der Waals surface area contributed by atoms with Crippen molar-refractivity contribution in [2.24, 2.45) is 0 Å². The van der Waals surface area contributed by atoms with Gasteiger partial charge in [0.2, 0.25) is 0 Å². The van der Waals surface area contributed by atoms with E-state index >= 15 is 0 Å². The van der Waals surface area contributed by atoms with Crippen LogP contribution >= 0.6 is 0 Å². The largest absolute Gasteiger partial charge is 0.361 e. The Morgan fingerprint density at radius 3 is 3.15 bits per heavy atom. The van der Waals surface area contributed by atoms with Gasteiger partial charge in [0.05, 0.1) is 12.4 Å². The van der Waals surface area contributed by atoms with Crippen molar-refractivity contribution in [3.05, 3.63) is 47.8 Å². The summed E-state index contributed by atoms with van der Waals surface area (Å²) in [6.45, 7) is 0. The number of nitrogens with zero attached hydrogens (tertiary/aromatic N) is 3. The molecule has 20 heavy (non-hydrogen) atoms. The molecule has 5 nitrogen and oxygen atoms in total. The first-order valence-corrected chi connectivity index (χ1v) is 6.50. The topological polar surface area (TPSA) is 66.5 Å². The highest BCUT2D eigenvalue weighted by Crippen LogP contribution is 2.34. The van der Waals surface area contributed by atoms with Crippen LogP contribution in [0.15, 0.2) is 30.9 Å². The van der Waals surface area contributed by atoms with E-state index in [-0.39, 0.29) is 11.9 Å². The van der Waals surface area contributed by atoms with E-state index in [2.05, 4.69) is 25.3 Å². The molecule has 0 bridgehead atoms. The van der Waals surface area contributed by atoms with Crippen LogP contribution in [0, 0.1) is 5.82 Å². The molecule has 1 unspecified atom stereocenters. The number of nitrogens with one attached hydrogen (secondary N) is 2. The number of hydrogen-bond acceptors (Lipinski definition) is 4. The van der Waals surface area contributed by atoms with Gasteiger partial charge in [0.25, 0.3) is 0 Å². The Morgan fingerprint density at radius 1 is 1.25 bits per heavy atom. The first-order valence-electron chi connectivity index (χ1n) is 6.50. The maximum absolute atomic E-state index is 13.4. The lowest BCUT2D eigenvalue weighted by molar-refractivity contribution is 0.624. The maximum atomic E-state index is 13.4. The van der Waals surface area contributed by atoms with E-state index in [4.69, 9.17) is 0 Å². The summed E-state index contributed by atoms with van der Waals surface area (Å²) in [5.41, 5.74) is 3.60. The van der Waals surface area contributed by atoms with Gasteiger partial charge >= 0.3 is 0 Å². The van der Waals surface area contributed by atoms with E-state index < -0.39 is 0 Å². The van der Waals surface area contributed by atoms with Gasteiger partial charge in [-0.25, -0.2) is 19.3 Å². The highest BCUT2D eigenvalue weighted by atomic mass is 19.1. The number of anilines is 1. The van der Waals surface area contributed by atoms with E-state index in [0.717, 1.165) is 23.9 Å². The molecule has 4 rings (SSSR count). The molecule has 0 amide bonds. The molecule has 1 atom stereocenters. The Balaban J connectivity index is 1.71. The number of aryl methyl sites for hydroxylation is 1. The zero-order chi connectivity index (χ0) is 13.5. The van der Waals surface area contributed by atoms with E-state index in [9.17, 15) is 4.39 Å². The van der Waals surface area contributed by atoms with Crippen LogP contribution in [0.4, 0.5) is 10.2 Å². The van der Waals surface area contributed by atoms with Gasteiger partial charge in [-0.3, -0.25) is 0 Å². The van der Waals surface area contributed by atoms with Crippen molar-refractivity contribution < 1.29 is 4.39 Å². The fourth-order valence-corrected chi connectivity index (χ4v) is 2.76. The standard InChI is InChI=1S/C14H12FN5/c15-9-3-1-8-2-4-11(10(8)5-9)20-14-12-13(17-6-16-12)18-7-19-14/h1,3,5-7,11H,2,4H2,(H2,16,17,18,19,20). The zero-order valence-corrected chi connectivity index (χ0v) is 10.6. The molecule has 2 heterocycles. The van der Waals surface area contributed by atoms with Crippen molar-refractivity contribution in [2.75, 3.05) is 5.32 Å². The van der Waals surface area contributed by atoms with E-state index in [1.807, 2.05) is 6.07 Å². The predicted molar refractivity (Wildman–Crippen MR) is 72.8 cm³/mol. The van der Waals surface area contributed by atoms with Gasteiger partial charge in [0.15, 0.2) is 11.5 Å². The highest BCUT2D eigenvalue weighted by molar-refractivity contribution is 5.82. The molecule has 0 saturated heterocycles. The monoisotopic (exact) mass is 269 g/mol. The average Bonchev–Trinajstić information content (AvgIpc) is 3.06. The number of aromatic nitrogens is 4. The molecule has 0 radical (unpaired) electrons. The number of imidazole rings is 1. The normalized spacial score (nSPS) is 17.4. The first kappa shape index (κ1) is 11.3. The van der Waals surface area contributed by atoms with Crippen LogP contribution in [-0.4, -0.2) is 19.9 Å². The van der Waals surface area contributed by atoms with Crippen LogP contribution in [0.25, 0.3) is 11.2 Å². The van der Waals surface area contributed by atoms with Crippen LogP contribution < -0.4 is 5.32 Å². The first-order chi connectivity index (χ1) is 9.81. The van der Waals surface area contributed by atoms with Crippen molar-refractivity contribution in [1.29, 1.82) is 0 Å². The predicted octanol–water partition coefficient (Wildman–Crippen LogP) is 2.59. The quantitative estimate of drug-likeness (QED) is 0.750. The van der Waals surface area contributed by atoms with Crippen molar-refractivity contribution in [3.63, 3.8) is 0 Å². The molecule has 3 aromatic rings. The minimum absolute atomic E-state index is 0.0714. The summed E-state index contributed by atoms with van der Waals surface area (Å²) >= 11 is 0. The molecule has 1 aliphatic rings. The Bertz CT molecular complexity index is 782. The average molecular weight is 269 g/mol. The van der Waals surface area contributed by atoms with Crippen LogP contribution in [0.2, 0.25) is 0 Å². The molecule has 0 fully saturated rings. The molecule has 100 valence electrons. The molecule has 2 aromatic heterocycles. The molecular formula is C14H12FN5. The molecular weight excluding hydrogens is 257 g/mol. The van der Waals surface area contributed by atoms with Gasteiger partial charge in [-0.1, -0.05) is 6.07 Å². The Kier molecular flexibility index (Phi) is 2.42. The number of hydrogen-bond donors (Lipinski definition) is 2. The SMILES string of the molecule is Fc1ccc2c(c1)C(Nc1ncnc3nc[nH]c13)CC2. The second-order valence-corrected chi connectivity index (χ2v) is 4.90. The summed E-state index contributed by atoms with van der Waals surface area (Å²) in [5.74, 6) is 0.501. The summed E-state index contributed by atoms with van der Waals surface area (Å²) in [6.07, 6.45) is 4.95.